The van der Waals surface area contributed by atoms with Gasteiger partial charge >= 0.3 is 0 Å². The molecule has 1 aromatic rings. The summed E-state index contributed by atoms with van der Waals surface area (Å²) in [6, 6.07) is 4.92. The van der Waals surface area contributed by atoms with Crippen LogP contribution in [0.5, 0.6) is 11.5 Å². The van der Waals surface area contributed by atoms with Crippen LogP contribution >= 0.6 is 0 Å². The zero-order chi connectivity index (χ0) is 9.97. The van der Waals surface area contributed by atoms with E-state index in [4.69, 9.17) is 4.74 Å². The number of hydrogen-bond acceptors (Lipinski definition) is 4. The van der Waals surface area contributed by atoms with Crippen molar-refractivity contribution in [1.29, 1.82) is 0 Å². The Bertz CT molecular complexity index is 321. The van der Waals surface area contributed by atoms with Crippen molar-refractivity contribution in [2.75, 3.05) is 19.8 Å². The fraction of sp³-hybridized carbons (Fsp3) is 0.400. The van der Waals surface area contributed by atoms with E-state index in [9.17, 15) is 10.2 Å². The summed E-state index contributed by atoms with van der Waals surface area (Å²) in [5, 5.41) is 22.1. The number of aromatic hydroxyl groups is 2. The lowest BCUT2D eigenvalue weighted by Crippen LogP contribution is -2.34. The average molecular weight is 195 g/mol. The smallest absolute Gasteiger partial charge is 0.162 e. The number of rotatable bonds is 1. The van der Waals surface area contributed by atoms with Gasteiger partial charge in [0.05, 0.1) is 19.3 Å². The van der Waals surface area contributed by atoms with Gasteiger partial charge in [0, 0.05) is 12.1 Å². The molecule has 0 saturated carbocycles. The predicted octanol–water partition coefficient (Wildman–Crippen LogP) is 0.759. The lowest BCUT2D eigenvalue weighted by Gasteiger charge is -2.24. The zero-order valence-electron chi connectivity index (χ0n) is 7.73. The first kappa shape index (κ1) is 9.30. The Morgan fingerprint density at radius 3 is 2.93 bits per heavy atom. The number of benzene rings is 1. The second-order valence-corrected chi connectivity index (χ2v) is 3.30. The highest BCUT2D eigenvalue weighted by molar-refractivity contribution is 5.46. The summed E-state index contributed by atoms with van der Waals surface area (Å²) in [6.45, 7) is 1.98. The van der Waals surface area contributed by atoms with Crippen LogP contribution in [0.2, 0.25) is 0 Å². The normalized spacial score (nSPS) is 22.1. The van der Waals surface area contributed by atoms with Crippen molar-refractivity contribution in [3.8, 4) is 11.5 Å². The maximum absolute atomic E-state index is 9.60. The molecule has 3 N–H and O–H groups in total. The SMILES string of the molecule is Oc1cccc(C2COCCN2)c1O. The quantitative estimate of drug-likeness (QED) is 0.579. The Balaban J connectivity index is 2.26. The molecule has 76 valence electrons. The first-order valence-electron chi connectivity index (χ1n) is 4.61. The van der Waals surface area contributed by atoms with E-state index in [-0.39, 0.29) is 17.5 Å². The summed E-state index contributed by atoms with van der Waals surface area (Å²) in [5.41, 5.74) is 0.685. The van der Waals surface area contributed by atoms with E-state index in [1.807, 2.05) is 0 Å². The highest BCUT2D eigenvalue weighted by Gasteiger charge is 2.19. The minimum Gasteiger partial charge on any atom is -0.504 e. The Labute approximate surface area is 82.1 Å². The molecule has 0 aromatic heterocycles. The molecule has 0 radical (unpaired) electrons. The molecule has 0 aliphatic carbocycles. The molecule has 0 spiro atoms. The molecule has 1 aliphatic heterocycles. The van der Waals surface area contributed by atoms with Gasteiger partial charge in [0.15, 0.2) is 11.5 Å². The van der Waals surface area contributed by atoms with Gasteiger partial charge in [0.25, 0.3) is 0 Å². The van der Waals surface area contributed by atoms with Gasteiger partial charge in [-0.25, -0.2) is 0 Å². The summed E-state index contributed by atoms with van der Waals surface area (Å²) in [7, 11) is 0. The van der Waals surface area contributed by atoms with Crippen molar-refractivity contribution in [3.05, 3.63) is 23.8 Å². The van der Waals surface area contributed by atoms with Crippen molar-refractivity contribution in [1.82, 2.24) is 5.32 Å². The highest BCUT2D eigenvalue weighted by Crippen LogP contribution is 2.33. The van der Waals surface area contributed by atoms with E-state index >= 15 is 0 Å². The first-order valence-corrected chi connectivity index (χ1v) is 4.61. The van der Waals surface area contributed by atoms with Gasteiger partial charge < -0.3 is 20.3 Å². The molecule has 1 atom stereocenters. The first-order chi connectivity index (χ1) is 6.79. The Kier molecular flexibility index (Phi) is 2.56. The molecule has 2 rings (SSSR count). The van der Waals surface area contributed by atoms with Crippen LogP contribution < -0.4 is 5.32 Å². The van der Waals surface area contributed by atoms with Crippen molar-refractivity contribution < 1.29 is 14.9 Å². The fourth-order valence-electron chi connectivity index (χ4n) is 1.60. The number of morpholine rings is 1. The molecular weight excluding hydrogens is 182 g/mol. The third-order valence-electron chi connectivity index (χ3n) is 2.34. The van der Waals surface area contributed by atoms with Crippen molar-refractivity contribution in [2.24, 2.45) is 0 Å². The van der Waals surface area contributed by atoms with Crippen molar-refractivity contribution in [3.63, 3.8) is 0 Å². The summed E-state index contributed by atoms with van der Waals surface area (Å²) in [5.74, 6) is -0.148. The summed E-state index contributed by atoms with van der Waals surface area (Å²) < 4.78 is 5.28. The van der Waals surface area contributed by atoms with Gasteiger partial charge in [-0.1, -0.05) is 12.1 Å². The van der Waals surface area contributed by atoms with E-state index < -0.39 is 0 Å². The third-order valence-corrected chi connectivity index (χ3v) is 2.34. The Morgan fingerprint density at radius 2 is 2.21 bits per heavy atom. The van der Waals surface area contributed by atoms with Gasteiger partial charge in [-0.2, -0.15) is 0 Å². The van der Waals surface area contributed by atoms with Crippen LogP contribution in [-0.4, -0.2) is 30.0 Å². The van der Waals surface area contributed by atoms with Crippen molar-refractivity contribution in [2.45, 2.75) is 6.04 Å². The van der Waals surface area contributed by atoms with E-state index in [2.05, 4.69) is 5.32 Å². The number of nitrogens with one attached hydrogen (secondary N) is 1. The van der Waals surface area contributed by atoms with Crippen molar-refractivity contribution >= 4 is 0 Å². The molecule has 1 unspecified atom stereocenters. The zero-order valence-corrected chi connectivity index (χ0v) is 7.73. The molecule has 1 fully saturated rings. The number of para-hydroxylation sites is 1. The van der Waals surface area contributed by atoms with E-state index in [1.165, 1.54) is 6.07 Å². The maximum Gasteiger partial charge on any atom is 0.162 e. The topological polar surface area (TPSA) is 61.7 Å². The number of phenolic OH excluding ortho intramolecular Hbond substituents is 2. The van der Waals surface area contributed by atoms with Gasteiger partial charge in [0.1, 0.15) is 0 Å². The molecule has 1 saturated heterocycles. The maximum atomic E-state index is 9.60. The van der Waals surface area contributed by atoms with Crippen LogP contribution in [0.4, 0.5) is 0 Å². The number of ether oxygens (including phenoxy) is 1. The lowest BCUT2D eigenvalue weighted by molar-refractivity contribution is 0.0760. The van der Waals surface area contributed by atoms with Gasteiger partial charge in [-0.15, -0.1) is 0 Å². The molecular formula is C10H13NO3. The highest BCUT2D eigenvalue weighted by atomic mass is 16.5. The van der Waals surface area contributed by atoms with E-state index in [1.54, 1.807) is 12.1 Å². The molecule has 4 nitrogen and oxygen atoms in total. The summed E-state index contributed by atoms with van der Waals surface area (Å²) in [4.78, 5) is 0. The lowest BCUT2D eigenvalue weighted by atomic mass is 10.1. The summed E-state index contributed by atoms with van der Waals surface area (Å²) in [6.07, 6.45) is 0. The minimum absolute atomic E-state index is 0.0316. The van der Waals surface area contributed by atoms with Crippen LogP contribution in [0.25, 0.3) is 0 Å². The van der Waals surface area contributed by atoms with Crippen LogP contribution in [0.1, 0.15) is 11.6 Å². The molecule has 1 aromatic carbocycles. The number of phenols is 2. The van der Waals surface area contributed by atoms with Crippen LogP contribution in [-0.2, 0) is 4.74 Å². The predicted molar refractivity (Wildman–Crippen MR) is 51.3 cm³/mol. The second-order valence-electron chi connectivity index (χ2n) is 3.30. The Morgan fingerprint density at radius 1 is 1.36 bits per heavy atom. The Hall–Kier alpha value is -1.26. The summed E-state index contributed by atoms with van der Waals surface area (Å²) >= 11 is 0. The molecule has 0 bridgehead atoms. The third kappa shape index (κ3) is 1.66. The molecule has 1 aliphatic rings. The van der Waals surface area contributed by atoms with Gasteiger partial charge in [0.2, 0.25) is 0 Å². The van der Waals surface area contributed by atoms with E-state index in [0.717, 1.165) is 6.54 Å². The van der Waals surface area contributed by atoms with E-state index in [0.29, 0.717) is 18.8 Å². The molecule has 1 heterocycles. The number of hydrogen-bond donors (Lipinski definition) is 3. The minimum atomic E-state index is -0.0881. The van der Waals surface area contributed by atoms with Gasteiger partial charge in [-0.05, 0) is 6.07 Å². The largest absolute Gasteiger partial charge is 0.504 e. The van der Waals surface area contributed by atoms with Crippen LogP contribution in [0.15, 0.2) is 18.2 Å². The monoisotopic (exact) mass is 195 g/mol. The second kappa shape index (κ2) is 3.86. The van der Waals surface area contributed by atoms with Gasteiger partial charge in [-0.3, -0.25) is 0 Å². The van der Waals surface area contributed by atoms with Crippen LogP contribution in [0, 0.1) is 0 Å². The standard InChI is InChI=1S/C10H13NO3/c12-9-3-1-2-7(10(9)13)8-6-14-5-4-11-8/h1-3,8,11-13H,4-6H2. The molecule has 0 amide bonds. The fourth-order valence-corrected chi connectivity index (χ4v) is 1.60. The average Bonchev–Trinajstić information content (AvgIpc) is 2.23. The molecule has 14 heavy (non-hydrogen) atoms. The molecule has 4 heteroatoms. The van der Waals surface area contributed by atoms with Crippen LogP contribution in [0.3, 0.4) is 0 Å².